The Morgan fingerprint density at radius 2 is 1.46 bits per heavy atom. The van der Waals surface area contributed by atoms with E-state index in [1.165, 1.54) is 11.1 Å². The summed E-state index contributed by atoms with van der Waals surface area (Å²) in [5.41, 5.74) is 6.34. The predicted molar refractivity (Wildman–Crippen MR) is 98.7 cm³/mol. The van der Waals surface area contributed by atoms with Crippen LogP contribution in [0.25, 0.3) is 16.9 Å². The van der Waals surface area contributed by atoms with E-state index in [0.717, 1.165) is 28.9 Å². The second-order valence-corrected chi connectivity index (χ2v) is 6.86. The lowest BCUT2D eigenvalue weighted by Crippen LogP contribution is -2.01. The van der Waals surface area contributed by atoms with Gasteiger partial charge in [-0.1, -0.05) is 61.4 Å². The molecule has 0 saturated heterocycles. The Morgan fingerprint density at radius 1 is 0.917 bits per heavy atom. The fraction of sp³-hybridized carbons (Fsp3) is 0.286. The number of aromatic nitrogens is 2. The molecule has 0 aliphatic carbocycles. The van der Waals surface area contributed by atoms with E-state index in [1.54, 1.807) is 0 Å². The second kappa shape index (κ2) is 6.52. The van der Waals surface area contributed by atoms with Gasteiger partial charge in [-0.25, -0.2) is 4.68 Å². The second-order valence-electron chi connectivity index (χ2n) is 6.86. The summed E-state index contributed by atoms with van der Waals surface area (Å²) in [6.45, 7) is 8.45. The Morgan fingerprint density at radius 3 is 2.00 bits per heavy atom. The molecule has 0 spiro atoms. The number of rotatable bonds is 4. The van der Waals surface area contributed by atoms with Crippen LogP contribution in [0.2, 0.25) is 0 Å². The van der Waals surface area contributed by atoms with Crippen molar-refractivity contribution in [3.8, 4) is 22.8 Å². The van der Waals surface area contributed by atoms with Gasteiger partial charge in [-0.2, -0.15) is 0 Å². The third-order valence-corrected chi connectivity index (χ3v) is 4.18. The highest BCUT2D eigenvalue weighted by Crippen LogP contribution is 2.34. The van der Waals surface area contributed by atoms with Gasteiger partial charge in [0.25, 0.3) is 0 Å². The lowest BCUT2D eigenvalue weighted by molar-refractivity contribution is 0.438. The minimum Gasteiger partial charge on any atom is -0.492 e. The average molecular weight is 320 g/mol. The lowest BCUT2D eigenvalue weighted by atomic mass is 9.98. The number of aromatic hydroxyl groups is 1. The van der Waals surface area contributed by atoms with Crippen molar-refractivity contribution in [1.29, 1.82) is 0 Å². The lowest BCUT2D eigenvalue weighted by Gasteiger charge is -2.11. The minimum absolute atomic E-state index is 0.125. The van der Waals surface area contributed by atoms with Crippen LogP contribution in [0, 0.1) is 19.8 Å². The van der Waals surface area contributed by atoms with E-state index in [9.17, 15) is 5.11 Å². The maximum Gasteiger partial charge on any atom is 0.234 e. The van der Waals surface area contributed by atoms with Crippen LogP contribution in [0.5, 0.6) is 5.88 Å². The predicted octanol–water partition coefficient (Wildman–Crippen LogP) is 5.06. The normalized spacial score (nSPS) is 11.2. The van der Waals surface area contributed by atoms with Crippen LogP contribution in [0.4, 0.5) is 0 Å². The van der Waals surface area contributed by atoms with E-state index in [1.807, 2.05) is 16.8 Å². The maximum atomic E-state index is 10.5. The average Bonchev–Trinajstić information content (AvgIpc) is 2.85. The van der Waals surface area contributed by atoms with Gasteiger partial charge in [0.2, 0.25) is 5.88 Å². The van der Waals surface area contributed by atoms with E-state index in [-0.39, 0.29) is 5.88 Å². The molecule has 0 aliphatic heterocycles. The van der Waals surface area contributed by atoms with Gasteiger partial charge in [0, 0.05) is 11.1 Å². The van der Waals surface area contributed by atoms with Gasteiger partial charge in [-0.05, 0) is 38.3 Å². The van der Waals surface area contributed by atoms with E-state index in [2.05, 4.69) is 69.2 Å². The zero-order chi connectivity index (χ0) is 17.3. The van der Waals surface area contributed by atoms with Gasteiger partial charge in [0.15, 0.2) is 0 Å². The maximum absolute atomic E-state index is 10.5. The van der Waals surface area contributed by atoms with Gasteiger partial charge < -0.3 is 5.11 Å². The summed E-state index contributed by atoms with van der Waals surface area (Å²) in [6, 6.07) is 16.6. The van der Waals surface area contributed by atoms with Crippen molar-refractivity contribution >= 4 is 0 Å². The highest BCUT2D eigenvalue weighted by atomic mass is 16.3. The first kappa shape index (κ1) is 16.3. The highest BCUT2D eigenvalue weighted by Gasteiger charge is 2.20. The fourth-order valence-corrected chi connectivity index (χ4v) is 2.92. The molecule has 0 bridgehead atoms. The minimum atomic E-state index is 0.125. The molecule has 0 aliphatic rings. The summed E-state index contributed by atoms with van der Waals surface area (Å²) in [4.78, 5) is 0. The molecule has 0 radical (unpaired) electrons. The molecule has 3 rings (SSSR count). The van der Waals surface area contributed by atoms with Crippen LogP contribution in [-0.2, 0) is 6.42 Å². The third kappa shape index (κ3) is 3.21. The quantitative estimate of drug-likeness (QED) is 0.729. The van der Waals surface area contributed by atoms with Crippen LogP contribution in [0.15, 0.2) is 48.5 Å². The van der Waals surface area contributed by atoms with Crippen LogP contribution < -0.4 is 0 Å². The van der Waals surface area contributed by atoms with Crippen LogP contribution in [0.3, 0.4) is 0 Å². The molecule has 2 aromatic carbocycles. The van der Waals surface area contributed by atoms with Crippen LogP contribution in [0.1, 0.15) is 30.5 Å². The molecule has 3 nitrogen and oxygen atoms in total. The first-order chi connectivity index (χ1) is 11.5. The van der Waals surface area contributed by atoms with Crippen molar-refractivity contribution in [2.45, 2.75) is 34.1 Å². The molecule has 1 N–H and O–H groups in total. The van der Waals surface area contributed by atoms with Crippen LogP contribution in [-0.4, -0.2) is 14.9 Å². The summed E-state index contributed by atoms with van der Waals surface area (Å²) in [5.74, 6) is 0.565. The van der Waals surface area contributed by atoms with Crippen molar-refractivity contribution in [2.24, 2.45) is 5.92 Å². The molecule has 124 valence electrons. The first-order valence-electron chi connectivity index (χ1n) is 8.40. The number of benzene rings is 2. The van der Waals surface area contributed by atoms with Crippen molar-refractivity contribution in [2.75, 3.05) is 0 Å². The molecule has 1 heterocycles. The molecule has 0 saturated carbocycles. The van der Waals surface area contributed by atoms with Crippen LogP contribution >= 0.6 is 0 Å². The number of nitrogens with zero attached hydrogens (tertiary/aromatic N) is 2. The number of aryl methyl sites for hydroxylation is 2. The van der Waals surface area contributed by atoms with E-state index in [4.69, 9.17) is 0 Å². The van der Waals surface area contributed by atoms with E-state index >= 15 is 0 Å². The monoisotopic (exact) mass is 320 g/mol. The van der Waals surface area contributed by atoms with Crippen molar-refractivity contribution < 1.29 is 5.11 Å². The summed E-state index contributed by atoms with van der Waals surface area (Å²) in [6.07, 6.45) is 0.793. The largest absolute Gasteiger partial charge is 0.492 e. The summed E-state index contributed by atoms with van der Waals surface area (Å²) >= 11 is 0. The third-order valence-electron chi connectivity index (χ3n) is 4.18. The Bertz CT molecular complexity index is 828. The van der Waals surface area contributed by atoms with Gasteiger partial charge in [0.1, 0.15) is 0 Å². The fourth-order valence-electron chi connectivity index (χ4n) is 2.92. The molecule has 0 fully saturated rings. The van der Waals surface area contributed by atoms with Gasteiger partial charge in [-0.15, -0.1) is 5.10 Å². The van der Waals surface area contributed by atoms with Crippen molar-refractivity contribution in [3.63, 3.8) is 0 Å². The van der Waals surface area contributed by atoms with Gasteiger partial charge >= 0.3 is 0 Å². The Balaban J connectivity index is 2.21. The van der Waals surface area contributed by atoms with Gasteiger partial charge in [-0.3, -0.25) is 0 Å². The first-order valence-corrected chi connectivity index (χ1v) is 8.40. The van der Waals surface area contributed by atoms with Crippen molar-refractivity contribution in [1.82, 2.24) is 9.78 Å². The Hall–Kier alpha value is -2.55. The molecule has 3 heteroatoms. The molecule has 3 aromatic rings. The van der Waals surface area contributed by atoms with E-state index < -0.39 is 0 Å². The standard InChI is InChI=1S/C21H24N2O/c1-14(2)13-19-20(17-9-5-15(3)6-10-17)23(22-21(19)24)18-11-7-16(4)8-12-18/h5-12,14H,13H2,1-4H3,(H,22,24). The Kier molecular flexibility index (Phi) is 4.43. The number of hydrogen-bond donors (Lipinski definition) is 1. The highest BCUT2D eigenvalue weighted by molar-refractivity contribution is 5.68. The summed E-state index contributed by atoms with van der Waals surface area (Å²) in [5, 5.41) is 14.9. The molecule has 1 aromatic heterocycles. The molecular formula is C21H24N2O. The Labute approximate surface area is 143 Å². The molecule has 0 amide bonds. The molecule has 0 unspecified atom stereocenters. The molecule has 24 heavy (non-hydrogen) atoms. The zero-order valence-corrected chi connectivity index (χ0v) is 14.7. The SMILES string of the molecule is Cc1ccc(-c2c(CC(C)C)c(O)nn2-c2ccc(C)cc2)cc1. The molecule has 0 atom stereocenters. The number of hydrogen-bond acceptors (Lipinski definition) is 2. The molecular weight excluding hydrogens is 296 g/mol. The van der Waals surface area contributed by atoms with E-state index in [0.29, 0.717) is 5.92 Å². The van der Waals surface area contributed by atoms with Crippen molar-refractivity contribution in [3.05, 3.63) is 65.2 Å². The summed E-state index contributed by atoms with van der Waals surface area (Å²) < 4.78 is 1.86. The van der Waals surface area contributed by atoms with Gasteiger partial charge in [0.05, 0.1) is 11.4 Å². The smallest absolute Gasteiger partial charge is 0.234 e. The summed E-state index contributed by atoms with van der Waals surface area (Å²) in [7, 11) is 0. The zero-order valence-electron chi connectivity index (χ0n) is 14.7. The topological polar surface area (TPSA) is 38.1 Å².